The van der Waals surface area contributed by atoms with Crippen LogP contribution < -0.4 is 5.43 Å². The largest absolute Gasteiger partial charge is 0.433 e. The lowest BCUT2D eigenvalue weighted by Gasteiger charge is -2.00. The lowest BCUT2D eigenvalue weighted by atomic mass is 10.3. The van der Waals surface area contributed by atoms with Gasteiger partial charge in [0.2, 0.25) is 0 Å². The van der Waals surface area contributed by atoms with E-state index in [0.29, 0.717) is 5.69 Å². The van der Waals surface area contributed by atoms with Gasteiger partial charge in [-0.25, -0.2) is 0 Å². The molecule has 0 aliphatic rings. The Kier molecular flexibility index (Phi) is 4.28. The second-order valence-electron chi connectivity index (χ2n) is 3.71. The number of nitro benzene ring substituents is 1. The highest BCUT2D eigenvalue weighted by Gasteiger charge is 2.14. The molecule has 1 N–H and O–H groups in total. The van der Waals surface area contributed by atoms with Gasteiger partial charge in [-0.2, -0.15) is 5.10 Å². The molecule has 2 aromatic rings. The SMILES string of the molecule is O=[N+]([O-])c1ccc(N/N=C(\Br)c2ccc([N+](=O)[O-])o2)cc1. The zero-order valence-electron chi connectivity index (χ0n) is 10.2. The van der Waals surface area contributed by atoms with Gasteiger partial charge in [-0.3, -0.25) is 25.7 Å². The van der Waals surface area contributed by atoms with Gasteiger partial charge in [-0.15, -0.1) is 0 Å². The molecule has 0 aliphatic carbocycles. The van der Waals surface area contributed by atoms with Crippen LogP contribution in [0.1, 0.15) is 5.76 Å². The summed E-state index contributed by atoms with van der Waals surface area (Å²) in [5, 5.41) is 24.9. The third-order valence-electron chi connectivity index (χ3n) is 2.34. The fourth-order valence-corrected chi connectivity index (χ4v) is 1.66. The molecule has 0 unspecified atom stereocenters. The van der Waals surface area contributed by atoms with Gasteiger partial charge < -0.3 is 4.42 Å². The maximum absolute atomic E-state index is 10.5. The van der Waals surface area contributed by atoms with Crippen LogP contribution in [-0.2, 0) is 0 Å². The van der Waals surface area contributed by atoms with E-state index in [2.05, 4.69) is 26.5 Å². The van der Waals surface area contributed by atoms with Crippen molar-refractivity contribution in [3.8, 4) is 0 Å². The van der Waals surface area contributed by atoms with Crippen LogP contribution in [0.4, 0.5) is 17.3 Å². The van der Waals surface area contributed by atoms with Crippen LogP contribution >= 0.6 is 15.9 Å². The molecule has 21 heavy (non-hydrogen) atoms. The van der Waals surface area contributed by atoms with Crippen molar-refractivity contribution in [2.24, 2.45) is 5.10 Å². The number of nitro groups is 2. The van der Waals surface area contributed by atoms with E-state index in [1.54, 1.807) is 0 Å². The van der Waals surface area contributed by atoms with E-state index in [1.165, 1.54) is 36.4 Å². The Hall–Kier alpha value is -2.75. The van der Waals surface area contributed by atoms with Crippen molar-refractivity contribution >= 4 is 37.8 Å². The molecule has 1 heterocycles. The molecule has 0 bridgehead atoms. The van der Waals surface area contributed by atoms with E-state index in [0.717, 1.165) is 0 Å². The van der Waals surface area contributed by atoms with E-state index in [4.69, 9.17) is 4.42 Å². The number of rotatable bonds is 5. The molecular weight excluding hydrogens is 348 g/mol. The average Bonchev–Trinajstić information content (AvgIpc) is 2.95. The molecule has 0 aliphatic heterocycles. The van der Waals surface area contributed by atoms with Crippen molar-refractivity contribution in [2.75, 3.05) is 5.43 Å². The second kappa shape index (κ2) is 6.13. The van der Waals surface area contributed by atoms with E-state index < -0.39 is 15.7 Å². The summed E-state index contributed by atoms with van der Waals surface area (Å²) in [4.78, 5) is 19.8. The highest BCUT2D eigenvalue weighted by atomic mass is 79.9. The predicted molar refractivity (Wildman–Crippen MR) is 77.5 cm³/mol. The Balaban J connectivity index is 2.08. The minimum Gasteiger partial charge on any atom is -0.398 e. The Labute approximate surface area is 125 Å². The highest BCUT2D eigenvalue weighted by molar-refractivity contribution is 9.18. The van der Waals surface area contributed by atoms with E-state index in [1.807, 2.05) is 0 Å². The molecular formula is C11H7BrN4O5. The van der Waals surface area contributed by atoms with Gasteiger partial charge in [0.05, 0.1) is 16.7 Å². The van der Waals surface area contributed by atoms with Gasteiger partial charge in [0, 0.05) is 12.1 Å². The zero-order chi connectivity index (χ0) is 15.4. The van der Waals surface area contributed by atoms with Gasteiger partial charge in [0.1, 0.15) is 4.92 Å². The number of non-ortho nitro benzene ring substituents is 1. The Morgan fingerprint density at radius 2 is 1.76 bits per heavy atom. The molecule has 10 heteroatoms. The topological polar surface area (TPSA) is 124 Å². The van der Waals surface area contributed by atoms with Crippen molar-refractivity contribution in [3.63, 3.8) is 0 Å². The predicted octanol–water partition coefficient (Wildman–Crippen LogP) is 3.26. The molecule has 0 saturated carbocycles. The number of benzene rings is 1. The van der Waals surface area contributed by atoms with E-state index in [9.17, 15) is 20.2 Å². The average molecular weight is 355 g/mol. The minimum atomic E-state index is -0.659. The maximum Gasteiger partial charge on any atom is 0.433 e. The van der Waals surface area contributed by atoms with Gasteiger partial charge >= 0.3 is 5.88 Å². The van der Waals surface area contributed by atoms with E-state index >= 15 is 0 Å². The highest BCUT2D eigenvalue weighted by Crippen LogP contribution is 2.19. The number of halogens is 1. The quantitative estimate of drug-likeness (QED) is 0.499. The molecule has 1 aromatic carbocycles. The maximum atomic E-state index is 10.5. The van der Waals surface area contributed by atoms with Crippen LogP contribution in [0.15, 0.2) is 45.9 Å². The number of nitrogens with one attached hydrogen (secondary N) is 1. The third-order valence-corrected chi connectivity index (χ3v) is 2.90. The lowest BCUT2D eigenvalue weighted by Crippen LogP contribution is -1.96. The first-order chi connectivity index (χ1) is 9.97. The summed E-state index contributed by atoms with van der Waals surface area (Å²) in [7, 11) is 0. The number of hydrazone groups is 1. The molecule has 2 rings (SSSR count). The first kappa shape index (κ1) is 14.7. The fourth-order valence-electron chi connectivity index (χ4n) is 1.36. The first-order valence-corrected chi connectivity index (χ1v) is 6.25. The monoisotopic (exact) mass is 354 g/mol. The van der Waals surface area contributed by atoms with Crippen molar-refractivity contribution < 1.29 is 14.3 Å². The number of anilines is 1. The summed E-state index contributed by atoms with van der Waals surface area (Å²) in [6, 6.07) is 8.20. The van der Waals surface area contributed by atoms with Crippen LogP contribution in [-0.4, -0.2) is 14.5 Å². The van der Waals surface area contributed by atoms with Crippen LogP contribution in [0.2, 0.25) is 0 Å². The summed E-state index contributed by atoms with van der Waals surface area (Å²) in [5.41, 5.74) is 3.11. The molecule has 0 saturated heterocycles. The van der Waals surface area contributed by atoms with Gasteiger partial charge in [-0.1, -0.05) is 0 Å². The Bertz CT molecular complexity index is 710. The van der Waals surface area contributed by atoms with Crippen LogP contribution in [0, 0.1) is 20.2 Å². The Morgan fingerprint density at radius 3 is 2.29 bits per heavy atom. The molecule has 1 aromatic heterocycles. The lowest BCUT2D eigenvalue weighted by molar-refractivity contribution is -0.402. The standard InChI is InChI=1S/C11H7BrN4O5/c12-11(9-5-6-10(21-9)16(19)20)14-13-7-1-3-8(4-2-7)15(17)18/h1-6,13H/b14-11-. The molecule has 9 nitrogen and oxygen atoms in total. The Morgan fingerprint density at radius 1 is 1.10 bits per heavy atom. The summed E-state index contributed by atoms with van der Waals surface area (Å²) in [6.45, 7) is 0. The summed E-state index contributed by atoms with van der Waals surface area (Å²) in [5.74, 6) is -0.219. The molecule has 0 amide bonds. The number of furan rings is 1. The molecule has 0 fully saturated rings. The van der Waals surface area contributed by atoms with E-state index in [-0.39, 0.29) is 16.1 Å². The first-order valence-electron chi connectivity index (χ1n) is 5.45. The smallest absolute Gasteiger partial charge is 0.398 e. The van der Waals surface area contributed by atoms with Gasteiger partial charge in [0.25, 0.3) is 5.69 Å². The van der Waals surface area contributed by atoms with Gasteiger partial charge in [-0.05, 0) is 34.1 Å². The van der Waals surface area contributed by atoms with Crippen LogP contribution in [0.5, 0.6) is 0 Å². The summed E-state index contributed by atoms with van der Waals surface area (Å²) < 4.78 is 5.16. The summed E-state index contributed by atoms with van der Waals surface area (Å²) in [6.07, 6.45) is 0. The van der Waals surface area contributed by atoms with Gasteiger partial charge in [0.15, 0.2) is 10.4 Å². The normalized spacial score (nSPS) is 11.2. The second-order valence-corrected chi connectivity index (χ2v) is 4.46. The fraction of sp³-hybridized carbons (Fsp3) is 0. The van der Waals surface area contributed by atoms with Crippen molar-refractivity contribution in [3.05, 3.63) is 62.4 Å². The van der Waals surface area contributed by atoms with Crippen LogP contribution in [0.25, 0.3) is 0 Å². The minimum absolute atomic E-state index is 0.0368. The third kappa shape index (κ3) is 3.63. The zero-order valence-corrected chi connectivity index (χ0v) is 11.8. The van der Waals surface area contributed by atoms with Crippen molar-refractivity contribution in [1.29, 1.82) is 0 Å². The van der Waals surface area contributed by atoms with Crippen LogP contribution in [0.3, 0.4) is 0 Å². The number of hydrogen-bond donors (Lipinski definition) is 1. The van der Waals surface area contributed by atoms with Crippen molar-refractivity contribution in [2.45, 2.75) is 0 Å². The number of hydrogen-bond acceptors (Lipinski definition) is 7. The molecule has 0 spiro atoms. The molecule has 0 radical (unpaired) electrons. The van der Waals surface area contributed by atoms with Crippen molar-refractivity contribution in [1.82, 2.24) is 0 Å². The molecule has 108 valence electrons. The number of nitrogens with zero attached hydrogens (tertiary/aromatic N) is 3. The molecule has 0 atom stereocenters. The summed E-state index contributed by atoms with van der Waals surface area (Å²) >= 11 is 3.11.